The Morgan fingerprint density at radius 3 is 2.66 bits per heavy atom. The van der Waals surface area contributed by atoms with Crippen molar-refractivity contribution < 1.29 is 18.7 Å². The molecule has 0 aliphatic heterocycles. The number of nitrogens with zero attached hydrogens (tertiary/aromatic N) is 2. The van der Waals surface area contributed by atoms with E-state index in [9.17, 15) is 9.18 Å². The van der Waals surface area contributed by atoms with Crippen molar-refractivity contribution in [2.24, 2.45) is 5.10 Å². The topological polar surface area (TPSA) is 83.7 Å². The van der Waals surface area contributed by atoms with Gasteiger partial charge in [-0.15, -0.1) is 0 Å². The van der Waals surface area contributed by atoms with Crippen LogP contribution in [0.25, 0.3) is 0 Å². The van der Waals surface area contributed by atoms with E-state index < -0.39 is 11.7 Å². The van der Waals surface area contributed by atoms with Crippen LogP contribution < -0.4 is 14.9 Å². The molecular formula is C24H19BrFN3O3. The average molecular weight is 496 g/mol. The maximum atomic E-state index is 14.0. The van der Waals surface area contributed by atoms with Crippen LogP contribution in [-0.4, -0.2) is 18.7 Å². The number of nitrogens with one attached hydrogen (secondary N) is 1. The molecular weight excluding hydrogens is 477 g/mol. The number of carbonyl (C=O) groups excluding carboxylic acids is 1. The highest BCUT2D eigenvalue weighted by Crippen LogP contribution is 2.37. The van der Waals surface area contributed by atoms with Crippen molar-refractivity contribution in [1.82, 2.24) is 5.43 Å². The maximum absolute atomic E-state index is 14.0. The van der Waals surface area contributed by atoms with Crippen LogP contribution >= 0.6 is 15.9 Å². The number of carbonyl (C=O) groups is 1. The molecule has 1 N–H and O–H groups in total. The first kappa shape index (κ1) is 23.0. The summed E-state index contributed by atoms with van der Waals surface area (Å²) < 4.78 is 26.3. The molecule has 0 saturated carbocycles. The summed E-state index contributed by atoms with van der Waals surface area (Å²) in [5.74, 6) is -0.451. The monoisotopic (exact) mass is 495 g/mol. The highest BCUT2D eigenvalue weighted by atomic mass is 79.9. The quantitative estimate of drug-likeness (QED) is 0.343. The van der Waals surface area contributed by atoms with Crippen LogP contribution in [0.15, 0.2) is 70.2 Å². The van der Waals surface area contributed by atoms with E-state index in [2.05, 4.69) is 26.5 Å². The number of hydrogen-bond acceptors (Lipinski definition) is 5. The molecule has 0 aliphatic rings. The van der Waals surface area contributed by atoms with Crippen molar-refractivity contribution in [3.63, 3.8) is 0 Å². The van der Waals surface area contributed by atoms with Crippen LogP contribution in [0.2, 0.25) is 0 Å². The van der Waals surface area contributed by atoms with Gasteiger partial charge in [0.15, 0.2) is 11.5 Å². The molecule has 0 bridgehead atoms. The summed E-state index contributed by atoms with van der Waals surface area (Å²) in [6.07, 6.45) is 1.41. The molecule has 0 unspecified atom stereocenters. The summed E-state index contributed by atoms with van der Waals surface area (Å²) in [5.41, 5.74) is 3.85. The van der Waals surface area contributed by atoms with Crippen molar-refractivity contribution >= 4 is 28.1 Å². The average Bonchev–Trinajstić information content (AvgIpc) is 2.79. The van der Waals surface area contributed by atoms with Gasteiger partial charge in [-0.3, -0.25) is 4.79 Å². The van der Waals surface area contributed by atoms with E-state index in [1.807, 2.05) is 43.3 Å². The molecule has 1 amide bonds. The van der Waals surface area contributed by atoms with Gasteiger partial charge in [0.05, 0.1) is 34.5 Å². The normalized spacial score (nSPS) is 10.6. The van der Waals surface area contributed by atoms with Crippen molar-refractivity contribution in [1.29, 1.82) is 5.26 Å². The Balaban J connectivity index is 1.73. The van der Waals surface area contributed by atoms with E-state index >= 15 is 0 Å². The Morgan fingerprint density at radius 1 is 1.19 bits per heavy atom. The minimum atomic E-state index is -0.793. The van der Waals surface area contributed by atoms with Crippen molar-refractivity contribution in [3.05, 3.63) is 93.2 Å². The second kappa shape index (κ2) is 11.1. The zero-order chi connectivity index (χ0) is 22.9. The van der Waals surface area contributed by atoms with Gasteiger partial charge in [0, 0.05) is 0 Å². The third-order valence-electron chi connectivity index (χ3n) is 4.28. The second-order valence-corrected chi connectivity index (χ2v) is 7.40. The van der Waals surface area contributed by atoms with Crippen molar-refractivity contribution in [3.8, 4) is 17.6 Å². The van der Waals surface area contributed by atoms with Gasteiger partial charge in [0.1, 0.15) is 12.4 Å². The van der Waals surface area contributed by atoms with E-state index in [-0.39, 0.29) is 11.1 Å². The van der Waals surface area contributed by atoms with Crippen LogP contribution in [-0.2, 0) is 6.61 Å². The molecule has 0 radical (unpaired) electrons. The number of rotatable bonds is 8. The van der Waals surface area contributed by atoms with E-state index in [1.165, 1.54) is 18.3 Å². The van der Waals surface area contributed by atoms with Gasteiger partial charge in [-0.25, -0.2) is 9.82 Å². The Bertz CT molecular complexity index is 1180. The predicted octanol–water partition coefficient (Wildman–Crippen LogP) is 5.20. The first-order valence-electron chi connectivity index (χ1n) is 9.68. The van der Waals surface area contributed by atoms with Crippen LogP contribution in [0.3, 0.4) is 0 Å². The number of hydrazone groups is 1. The summed E-state index contributed by atoms with van der Waals surface area (Å²) in [5, 5.41) is 12.7. The number of benzene rings is 3. The molecule has 8 heteroatoms. The zero-order valence-electron chi connectivity index (χ0n) is 17.1. The molecule has 3 aromatic rings. The zero-order valence-corrected chi connectivity index (χ0v) is 18.7. The minimum Gasteiger partial charge on any atom is -0.490 e. The fourth-order valence-corrected chi connectivity index (χ4v) is 3.36. The smallest absolute Gasteiger partial charge is 0.274 e. The largest absolute Gasteiger partial charge is 0.490 e. The molecule has 0 heterocycles. The van der Waals surface area contributed by atoms with Gasteiger partial charge in [-0.05, 0) is 64.3 Å². The van der Waals surface area contributed by atoms with Gasteiger partial charge in [-0.1, -0.05) is 30.3 Å². The molecule has 3 rings (SSSR count). The summed E-state index contributed by atoms with van der Waals surface area (Å²) in [6.45, 7) is 2.67. The number of amides is 1. The van der Waals surface area contributed by atoms with Gasteiger partial charge >= 0.3 is 0 Å². The third kappa shape index (κ3) is 5.93. The van der Waals surface area contributed by atoms with Crippen LogP contribution in [0, 0.1) is 17.1 Å². The number of hydrogen-bond donors (Lipinski definition) is 1. The van der Waals surface area contributed by atoms with Crippen molar-refractivity contribution in [2.45, 2.75) is 13.5 Å². The fourth-order valence-electron chi connectivity index (χ4n) is 2.79. The first-order valence-corrected chi connectivity index (χ1v) is 10.5. The van der Waals surface area contributed by atoms with E-state index in [4.69, 9.17) is 14.7 Å². The molecule has 0 atom stereocenters. The molecule has 3 aromatic carbocycles. The summed E-state index contributed by atoms with van der Waals surface area (Å²) in [4.78, 5) is 12.2. The van der Waals surface area contributed by atoms with E-state index in [1.54, 1.807) is 12.1 Å². The van der Waals surface area contributed by atoms with Gasteiger partial charge in [-0.2, -0.15) is 10.4 Å². The number of nitriles is 1. The van der Waals surface area contributed by atoms with Crippen LogP contribution in [0.1, 0.15) is 34.0 Å². The Kier molecular flexibility index (Phi) is 7.95. The maximum Gasteiger partial charge on any atom is 0.274 e. The lowest BCUT2D eigenvalue weighted by molar-refractivity contribution is 0.0951. The van der Waals surface area contributed by atoms with E-state index in [0.29, 0.717) is 34.7 Å². The molecule has 0 spiro atoms. The lowest BCUT2D eigenvalue weighted by Gasteiger charge is -2.14. The minimum absolute atomic E-state index is 0.130. The lowest BCUT2D eigenvalue weighted by atomic mass is 10.1. The van der Waals surface area contributed by atoms with Crippen molar-refractivity contribution in [2.75, 3.05) is 6.61 Å². The number of halogens is 2. The van der Waals surface area contributed by atoms with Crippen LogP contribution in [0.5, 0.6) is 11.5 Å². The molecule has 0 aliphatic carbocycles. The molecule has 32 heavy (non-hydrogen) atoms. The summed E-state index contributed by atoms with van der Waals surface area (Å²) >= 11 is 3.49. The molecule has 162 valence electrons. The van der Waals surface area contributed by atoms with Crippen LogP contribution in [0.4, 0.5) is 4.39 Å². The van der Waals surface area contributed by atoms with Gasteiger partial charge < -0.3 is 9.47 Å². The standard InChI is InChI=1S/C24H19BrFN3O3/c1-2-31-22-12-18(10-20(25)23(22)32-15-16-6-4-3-5-7-16)14-28-29-24(30)19-9-8-17(13-27)11-21(19)26/h3-12,14H,2,15H2,1H3,(H,29,30)/b28-14-. The number of ether oxygens (including phenoxy) is 2. The SMILES string of the molecule is CCOc1cc(/C=N\NC(=O)c2ccc(C#N)cc2F)cc(Br)c1OCc1ccccc1. The second-order valence-electron chi connectivity index (χ2n) is 6.54. The molecule has 6 nitrogen and oxygen atoms in total. The predicted molar refractivity (Wildman–Crippen MR) is 122 cm³/mol. The van der Waals surface area contributed by atoms with Gasteiger partial charge in [0.2, 0.25) is 0 Å². The molecule has 0 aromatic heterocycles. The lowest BCUT2D eigenvalue weighted by Crippen LogP contribution is -2.19. The Morgan fingerprint density at radius 2 is 1.97 bits per heavy atom. The van der Waals surface area contributed by atoms with Gasteiger partial charge in [0.25, 0.3) is 5.91 Å². The summed E-state index contributed by atoms with van der Waals surface area (Å²) in [7, 11) is 0. The highest BCUT2D eigenvalue weighted by molar-refractivity contribution is 9.10. The molecule has 0 saturated heterocycles. The first-order chi connectivity index (χ1) is 15.5. The third-order valence-corrected chi connectivity index (χ3v) is 4.87. The Labute approximate surface area is 193 Å². The van der Waals surface area contributed by atoms with E-state index in [0.717, 1.165) is 11.6 Å². The summed E-state index contributed by atoms with van der Waals surface area (Å²) in [6, 6.07) is 18.7. The molecule has 0 fully saturated rings. The Hall–Kier alpha value is -3.70. The highest BCUT2D eigenvalue weighted by Gasteiger charge is 2.13. The fraction of sp³-hybridized carbons (Fsp3) is 0.125.